The minimum absolute atomic E-state index is 0.0380. The van der Waals surface area contributed by atoms with Gasteiger partial charge in [0.25, 0.3) is 5.91 Å². The molecular formula is C12H13N3OS. The number of rotatable bonds is 3. The molecule has 0 fully saturated rings. The molecule has 4 nitrogen and oxygen atoms in total. The first-order valence-electron chi connectivity index (χ1n) is 5.23. The van der Waals surface area contributed by atoms with Crippen LogP contribution in [0.2, 0.25) is 0 Å². The number of carbonyl (C=O) groups excluding carboxylic acids is 1. The molecule has 2 aromatic heterocycles. The zero-order valence-corrected chi connectivity index (χ0v) is 10.2. The van der Waals surface area contributed by atoms with Gasteiger partial charge >= 0.3 is 0 Å². The Bertz CT molecular complexity index is 510. The van der Waals surface area contributed by atoms with Gasteiger partial charge in [-0.25, -0.2) is 4.98 Å². The molecule has 0 unspecified atom stereocenters. The van der Waals surface area contributed by atoms with Gasteiger partial charge < -0.3 is 11.1 Å². The number of nitrogen functional groups attached to an aromatic ring is 1. The molecule has 2 heterocycles. The van der Waals surface area contributed by atoms with Crippen molar-refractivity contribution < 1.29 is 4.79 Å². The van der Waals surface area contributed by atoms with Gasteiger partial charge in [-0.05, 0) is 30.5 Å². The zero-order valence-electron chi connectivity index (χ0n) is 9.38. The van der Waals surface area contributed by atoms with Gasteiger partial charge in [0.2, 0.25) is 0 Å². The van der Waals surface area contributed by atoms with Crippen LogP contribution in [0.1, 0.15) is 28.3 Å². The molecule has 17 heavy (non-hydrogen) atoms. The van der Waals surface area contributed by atoms with Gasteiger partial charge in [-0.1, -0.05) is 6.07 Å². The van der Waals surface area contributed by atoms with Gasteiger partial charge in [-0.15, -0.1) is 11.3 Å². The normalized spacial score (nSPS) is 12.1. The lowest BCUT2D eigenvalue weighted by atomic mass is 10.2. The van der Waals surface area contributed by atoms with Crippen molar-refractivity contribution in [2.75, 3.05) is 5.73 Å². The fourth-order valence-electron chi connectivity index (χ4n) is 1.48. The zero-order chi connectivity index (χ0) is 12.3. The maximum Gasteiger partial charge on any atom is 0.272 e. The molecule has 0 aliphatic heterocycles. The molecule has 0 saturated carbocycles. The molecule has 0 bridgehead atoms. The van der Waals surface area contributed by atoms with Crippen molar-refractivity contribution >= 4 is 22.9 Å². The molecule has 0 saturated heterocycles. The van der Waals surface area contributed by atoms with Gasteiger partial charge in [0.15, 0.2) is 5.69 Å². The second-order valence-electron chi connectivity index (χ2n) is 3.65. The van der Waals surface area contributed by atoms with Crippen molar-refractivity contribution in [1.29, 1.82) is 0 Å². The van der Waals surface area contributed by atoms with Crippen LogP contribution in [0.3, 0.4) is 0 Å². The van der Waals surface area contributed by atoms with Gasteiger partial charge in [0, 0.05) is 11.1 Å². The summed E-state index contributed by atoms with van der Waals surface area (Å²) in [6.45, 7) is 1.93. The van der Waals surface area contributed by atoms with E-state index in [9.17, 15) is 4.79 Å². The number of aromatic nitrogens is 1. The lowest BCUT2D eigenvalue weighted by Gasteiger charge is -2.12. The Kier molecular flexibility index (Phi) is 3.39. The fraction of sp³-hybridized carbons (Fsp3) is 0.167. The Balaban J connectivity index is 2.10. The number of pyridine rings is 1. The summed E-state index contributed by atoms with van der Waals surface area (Å²) in [6.07, 6.45) is 1.56. The summed E-state index contributed by atoms with van der Waals surface area (Å²) >= 11 is 1.61. The number of hydrogen-bond acceptors (Lipinski definition) is 4. The highest BCUT2D eigenvalue weighted by Gasteiger charge is 2.14. The number of anilines is 1. The average Bonchev–Trinajstić information content (AvgIpc) is 2.82. The fourth-order valence-corrected chi connectivity index (χ4v) is 2.22. The van der Waals surface area contributed by atoms with Crippen molar-refractivity contribution in [2.24, 2.45) is 0 Å². The molecule has 0 aliphatic rings. The predicted octanol–water partition coefficient (Wildman–Crippen LogP) is 2.22. The summed E-state index contributed by atoms with van der Waals surface area (Å²) in [6, 6.07) is 7.27. The topological polar surface area (TPSA) is 68.0 Å². The summed E-state index contributed by atoms with van der Waals surface area (Å²) in [5.74, 6) is -0.246. The van der Waals surface area contributed by atoms with Crippen molar-refractivity contribution in [2.45, 2.75) is 13.0 Å². The van der Waals surface area contributed by atoms with E-state index in [4.69, 9.17) is 5.73 Å². The third-order valence-electron chi connectivity index (χ3n) is 2.37. The molecule has 3 N–H and O–H groups in total. The number of nitrogens with zero attached hydrogens (tertiary/aromatic N) is 1. The maximum atomic E-state index is 11.9. The van der Waals surface area contributed by atoms with Gasteiger partial charge in [0.05, 0.1) is 11.7 Å². The first kappa shape index (κ1) is 11.6. The molecule has 0 aromatic carbocycles. The molecular weight excluding hydrogens is 234 g/mol. The Morgan fingerprint density at radius 1 is 1.47 bits per heavy atom. The number of amides is 1. The van der Waals surface area contributed by atoms with Crippen LogP contribution in [0.5, 0.6) is 0 Å². The summed E-state index contributed by atoms with van der Waals surface area (Å²) in [4.78, 5) is 17.0. The van der Waals surface area contributed by atoms with Crippen LogP contribution < -0.4 is 11.1 Å². The molecule has 0 spiro atoms. The number of carbonyl (C=O) groups is 1. The standard InChI is InChI=1S/C12H13N3OS/c1-8(10-5-3-7-17-10)15-12(16)11-9(13)4-2-6-14-11/h2-8H,13H2,1H3,(H,15,16)/t8-/m1/s1. The van der Waals surface area contributed by atoms with Crippen molar-refractivity contribution in [3.8, 4) is 0 Å². The van der Waals surface area contributed by atoms with E-state index in [2.05, 4.69) is 10.3 Å². The van der Waals surface area contributed by atoms with E-state index in [0.29, 0.717) is 5.69 Å². The number of nitrogens with two attached hydrogens (primary N) is 1. The maximum absolute atomic E-state index is 11.9. The molecule has 5 heteroatoms. The highest BCUT2D eigenvalue weighted by Crippen LogP contribution is 2.19. The second-order valence-corrected chi connectivity index (χ2v) is 4.63. The summed E-state index contributed by atoms with van der Waals surface area (Å²) < 4.78 is 0. The largest absolute Gasteiger partial charge is 0.397 e. The van der Waals surface area contributed by atoms with E-state index in [1.165, 1.54) is 0 Å². The smallest absolute Gasteiger partial charge is 0.272 e. The molecule has 1 amide bonds. The van der Waals surface area contributed by atoms with Gasteiger partial charge in [-0.2, -0.15) is 0 Å². The molecule has 88 valence electrons. The minimum Gasteiger partial charge on any atom is -0.397 e. The van der Waals surface area contributed by atoms with Crippen molar-refractivity contribution in [3.05, 3.63) is 46.4 Å². The Morgan fingerprint density at radius 2 is 2.29 bits per heavy atom. The van der Waals surface area contributed by atoms with Crippen LogP contribution >= 0.6 is 11.3 Å². The first-order chi connectivity index (χ1) is 8.18. The minimum atomic E-state index is -0.246. The average molecular weight is 247 g/mol. The van der Waals surface area contributed by atoms with Crippen LogP contribution in [-0.4, -0.2) is 10.9 Å². The lowest BCUT2D eigenvalue weighted by molar-refractivity contribution is 0.0936. The van der Waals surface area contributed by atoms with Crippen LogP contribution in [-0.2, 0) is 0 Å². The van der Waals surface area contributed by atoms with E-state index in [1.807, 2.05) is 24.4 Å². The van der Waals surface area contributed by atoms with E-state index in [-0.39, 0.29) is 17.6 Å². The summed E-state index contributed by atoms with van der Waals surface area (Å²) in [7, 11) is 0. The summed E-state index contributed by atoms with van der Waals surface area (Å²) in [5.41, 5.74) is 6.36. The Morgan fingerprint density at radius 3 is 2.94 bits per heavy atom. The number of hydrogen-bond donors (Lipinski definition) is 2. The van der Waals surface area contributed by atoms with Gasteiger partial charge in [0.1, 0.15) is 0 Å². The molecule has 2 rings (SSSR count). The van der Waals surface area contributed by atoms with E-state index < -0.39 is 0 Å². The van der Waals surface area contributed by atoms with Crippen LogP contribution in [0.4, 0.5) is 5.69 Å². The first-order valence-corrected chi connectivity index (χ1v) is 6.11. The van der Waals surface area contributed by atoms with Gasteiger partial charge in [-0.3, -0.25) is 4.79 Å². The van der Waals surface area contributed by atoms with Crippen LogP contribution in [0.25, 0.3) is 0 Å². The quantitative estimate of drug-likeness (QED) is 0.873. The van der Waals surface area contributed by atoms with Crippen LogP contribution in [0.15, 0.2) is 35.8 Å². The number of thiophene rings is 1. The molecule has 0 aliphatic carbocycles. The highest BCUT2D eigenvalue weighted by molar-refractivity contribution is 7.10. The van der Waals surface area contributed by atoms with E-state index in [1.54, 1.807) is 29.7 Å². The molecule has 1 atom stereocenters. The number of nitrogens with one attached hydrogen (secondary N) is 1. The van der Waals surface area contributed by atoms with Crippen LogP contribution in [0, 0.1) is 0 Å². The highest BCUT2D eigenvalue weighted by atomic mass is 32.1. The Hall–Kier alpha value is -1.88. The SMILES string of the molecule is C[C@@H](NC(=O)c1ncccc1N)c1cccs1. The monoisotopic (exact) mass is 247 g/mol. The van der Waals surface area contributed by atoms with E-state index in [0.717, 1.165) is 4.88 Å². The third-order valence-corrected chi connectivity index (χ3v) is 3.43. The van der Waals surface area contributed by atoms with Crippen molar-refractivity contribution in [3.63, 3.8) is 0 Å². The second kappa shape index (κ2) is 4.97. The lowest BCUT2D eigenvalue weighted by Crippen LogP contribution is -2.27. The predicted molar refractivity (Wildman–Crippen MR) is 68.8 cm³/mol. The Labute approximate surface area is 103 Å². The third kappa shape index (κ3) is 2.62. The van der Waals surface area contributed by atoms with E-state index >= 15 is 0 Å². The molecule has 2 aromatic rings. The summed E-state index contributed by atoms with van der Waals surface area (Å²) in [5, 5.41) is 4.85. The van der Waals surface area contributed by atoms with Crippen molar-refractivity contribution in [1.82, 2.24) is 10.3 Å². The molecule has 0 radical (unpaired) electrons.